The van der Waals surface area contributed by atoms with E-state index in [1.165, 1.54) is 11.6 Å². The zero-order valence-electron chi connectivity index (χ0n) is 13.6. The van der Waals surface area contributed by atoms with E-state index < -0.39 is 0 Å². The number of aromatic hydroxyl groups is 1. The van der Waals surface area contributed by atoms with Crippen LogP contribution >= 0.6 is 24.0 Å². The van der Waals surface area contributed by atoms with E-state index in [1.807, 2.05) is 18.2 Å². The van der Waals surface area contributed by atoms with Crippen molar-refractivity contribution in [3.63, 3.8) is 0 Å². The van der Waals surface area contributed by atoms with Gasteiger partial charge in [-0.1, -0.05) is 30.3 Å². The summed E-state index contributed by atoms with van der Waals surface area (Å²) in [5.41, 5.74) is 1.79. The lowest BCUT2D eigenvalue weighted by atomic mass is 10.1. The molecule has 0 aliphatic heterocycles. The summed E-state index contributed by atoms with van der Waals surface area (Å²) in [4.78, 5) is 4.13. The van der Waals surface area contributed by atoms with E-state index in [1.54, 1.807) is 31.3 Å². The molecule has 2 aromatic carbocycles. The molecule has 0 aliphatic rings. The van der Waals surface area contributed by atoms with E-state index >= 15 is 0 Å². The molecule has 0 heterocycles. The molecule has 0 fully saturated rings. The molecule has 0 atom stereocenters. The van der Waals surface area contributed by atoms with Gasteiger partial charge in [-0.2, -0.15) is 0 Å². The smallest absolute Gasteiger partial charge is 0.191 e. The Hall–Kier alpha value is -1.83. The highest BCUT2D eigenvalue weighted by Gasteiger charge is 2.02. The first-order valence-corrected chi connectivity index (χ1v) is 7.65. The molecule has 0 saturated carbocycles. The maximum Gasteiger partial charge on any atom is 0.191 e. The Bertz CT molecular complexity index is 647. The number of aryl methyl sites for hydroxylation is 1. The second-order valence-corrected chi connectivity index (χ2v) is 5.21. The van der Waals surface area contributed by atoms with Gasteiger partial charge in [0.15, 0.2) is 5.96 Å². The zero-order valence-corrected chi connectivity index (χ0v) is 16.0. The SMILES string of the molecule is CN=C(NCCCc1ccc(O)cc1)NCc1ccccc1F.I. The molecule has 0 aliphatic carbocycles. The number of hydrogen-bond donors (Lipinski definition) is 3. The summed E-state index contributed by atoms with van der Waals surface area (Å²) in [7, 11) is 1.69. The Morgan fingerprint density at radius 2 is 1.79 bits per heavy atom. The van der Waals surface area contributed by atoms with E-state index in [9.17, 15) is 9.50 Å². The normalized spacial score (nSPS) is 10.8. The molecule has 0 unspecified atom stereocenters. The molecule has 0 spiro atoms. The Kier molecular flexibility index (Phi) is 9.14. The molecule has 0 aromatic heterocycles. The van der Waals surface area contributed by atoms with Crippen molar-refractivity contribution in [1.29, 1.82) is 0 Å². The van der Waals surface area contributed by atoms with Gasteiger partial charge in [0, 0.05) is 25.7 Å². The standard InChI is InChI=1S/C18H22FN3O.HI/c1-20-18(22-13-15-6-2-3-7-17(15)19)21-12-4-5-14-8-10-16(23)11-9-14;/h2-3,6-11,23H,4-5,12-13H2,1H3,(H2,20,21,22);1H. The first-order chi connectivity index (χ1) is 11.2. The zero-order chi connectivity index (χ0) is 16.5. The number of nitrogens with zero attached hydrogens (tertiary/aromatic N) is 1. The molecular weight excluding hydrogens is 420 g/mol. The highest BCUT2D eigenvalue weighted by atomic mass is 127. The van der Waals surface area contributed by atoms with Crippen molar-refractivity contribution >= 4 is 29.9 Å². The van der Waals surface area contributed by atoms with Gasteiger partial charge >= 0.3 is 0 Å². The highest BCUT2D eigenvalue weighted by Crippen LogP contribution is 2.10. The van der Waals surface area contributed by atoms with Crippen molar-refractivity contribution in [1.82, 2.24) is 10.6 Å². The van der Waals surface area contributed by atoms with E-state index in [0.29, 0.717) is 18.1 Å². The monoisotopic (exact) mass is 443 g/mol. The number of guanidine groups is 1. The Labute approximate surface area is 159 Å². The fraction of sp³-hybridized carbons (Fsp3) is 0.278. The first kappa shape index (κ1) is 20.2. The fourth-order valence-corrected chi connectivity index (χ4v) is 2.20. The van der Waals surface area contributed by atoms with Crippen LogP contribution in [-0.4, -0.2) is 24.7 Å². The molecule has 24 heavy (non-hydrogen) atoms. The van der Waals surface area contributed by atoms with Gasteiger partial charge in [-0.25, -0.2) is 4.39 Å². The predicted molar refractivity (Wildman–Crippen MR) is 106 cm³/mol. The van der Waals surface area contributed by atoms with Crippen molar-refractivity contribution in [3.8, 4) is 5.75 Å². The van der Waals surface area contributed by atoms with Crippen molar-refractivity contribution in [2.75, 3.05) is 13.6 Å². The summed E-state index contributed by atoms with van der Waals surface area (Å²) < 4.78 is 13.5. The third-order valence-corrected chi connectivity index (χ3v) is 3.50. The molecule has 2 aromatic rings. The topological polar surface area (TPSA) is 56.7 Å². The molecular formula is C18H23FIN3O. The lowest BCUT2D eigenvalue weighted by Crippen LogP contribution is -2.37. The first-order valence-electron chi connectivity index (χ1n) is 7.65. The van der Waals surface area contributed by atoms with E-state index in [4.69, 9.17) is 0 Å². The van der Waals surface area contributed by atoms with Crippen LogP contribution in [0.4, 0.5) is 4.39 Å². The maximum atomic E-state index is 13.5. The average molecular weight is 443 g/mol. The summed E-state index contributed by atoms with van der Waals surface area (Å²) in [5, 5.41) is 15.5. The van der Waals surface area contributed by atoms with E-state index in [2.05, 4.69) is 15.6 Å². The van der Waals surface area contributed by atoms with Gasteiger partial charge in [0.1, 0.15) is 11.6 Å². The van der Waals surface area contributed by atoms with Crippen LogP contribution in [0, 0.1) is 5.82 Å². The minimum absolute atomic E-state index is 0. The van der Waals surface area contributed by atoms with E-state index in [0.717, 1.165) is 19.4 Å². The summed E-state index contributed by atoms with van der Waals surface area (Å²) in [6.07, 6.45) is 1.85. The molecule has 0 amide bonds. The molecule has 4 nitrogen and oxygen atoms in total. The Morgan fingerprint density at radius 3 is 2.46 bits per heavy atom. The summed E-state index contributed by atoms with van der Waals surface area (Å²) in [6.45, 7) is 1.15. The summed E-state index contributed by atoms with van der Waals surface area (Å²) >= 11 is 0. The molecule has 0 bridgehead atoms. The molecule has 130 valence electrons. The number of aliphatic imine (C=N–C) groups is 1. The van der Waals surface area contributed by atoms with Crippen LogP contribution < -0.4 is 10.6 Å². The van der Waals surface area contributed by atoms with Gasteiger partial charge in [-0.15, -0.1) is 24.0 Å². The number of phenols is 1. The predicted octanol–water partition coefficient (Wildman–Crippen LogP) is 3.45. The number of halogens is 2. The van der Waals surface area contributed by atoms with Gasteiger partial charge < -0.3 is 15.7 Å². The Morgan fingerprint density at radius 1 is 1.08 bits per heavy atom. The lowest BCUT2D eigenvalue weighted by molar-refractivity contribution is 0.475. The van der Waals surface area contributed by atoms with Crippen LogP contribution in [0.15, 0.2) is 53.5 Å². The van der Waals surface area contributed by atoms with Crippen molar-refractivity contribution in [3.05, 3.63) is 65.5 Å². The minimum atomic E-state index is -0.220. The van der Waals surface area contributed by atoms with Crippen molar-refractivity contribution in [2.24, 2.45) is 4.99 Å². The second-order valence-electron chi connectivity index (χ2n) is 5.21. The van der Waals surface area contributed by atoms with Crippen LogP contribution in [0.3, 0.4) is 0 Å². The van der Waals surface area contributed by atoms with Gasteiger partial charge in [0.05, 0.1) is 0 Å². The number of benzene rings is 2. The lowest BCUT2D eigenvalue weighted by Gasteiger charge is -2.12. The number of rotatable bonds is 6. The van der Waals surface area contributed by atoms with Crippen molar-refractivity contribution in [2.45, 2.75) is 19.4 Å². The quantitative estimate of drug-likeness (QED) is 0.278. The summed E-state index contributed by atoms with van der Waals surface area (Å²) in [5.74, 6) is 0.714. The average Bonchev–Trinajstić information content (AvgIpc) is 2.57. The Balaban J connectivity index is 0.00000288. The van der Waals surface area contributed by atoms with Gasteiger partial charge in [0.2, 0.25) is 0 Å². The largest absolute Gasteiger partial charge is 0.508 e. The molecule has 3 N–H and O–H groups in total. The van der Waals surface area contributed by atoms with Crippen LogP contribution in [0.5, 0.6) is 5.75 Å². The molecule has 6 heteroatoms. The number of phenolic OH excluding ortho intramolecular Hbond substituents is 1. The maximum absolute atomic E-state index is 13.5. The van der Waals surface area contributed by atoms with E-state index in [-0.39, 0.29) is 35.5 Å². The van der Waals surface area contributed by atoms with Crippen LogP contribution in [-0.2, 0) is 13.0 Å². The molecule has 0 radical (unpaired) electrons. The molecule has 2 rings (SSSR count). The molecule has 0 saturated heterocycles. The third kappa shape index (κ3) is 6.74. The van der Waals surface area contributed by atoms with Crippen molar-refractivity contribution < 1.29 is 9.50 Å². The van der Waals surface area contributed by atoms with Crippen LogP contribution in [0.25, 0.3) is 0 Å². The van der Waals surface area contributed by atoms with Gasteiger partial charge in [-0.05, 0) is 36.6 Å². The van der Waals surface area contributed by atoms with Gasteiger partial charge in [-0.3, -0.25) is 4.99 Å². The fourth-order valence-electron chi connectivity index (χ4n) is 2.20. The van der Waals surface area contributed by atoms with Crippen LogP contribution in [0.2, 0.25) is 0 Å². The van der Waals surface area contributed by atoms with Crippen LogP contribution in [0.1, 0.15) is 17.5 Å². The highest BCUT2D eigenvalue weighted by molar-refractivity contribution is 14.0. The number of hydrogen-bond acceptors (Lipinski definition) is 2. The van der Waals surface area contributed by atoms with Gasteiger partial charge in [0.25, 0.3) is 0 Å². The second kappa shape index (κ2) is 10.9. The minimum Gasteiger partial charge on any atom is -0.508 e. The third-order valence-electron chi connectivity index (χ3n) is 3.50. The number of nitrogens with one attached hydrogen (secondary N) is 2. The summed E-state index contributed by atoms with van der Waals surface area (Å²) in [6, 6.07) is 13.9.